The predicted molar refractivity (Wildman–Crippen MR) is 91.0 cm³/mol. The first-order valence-corrected chi connectivity index (χ1v) is 7.40. The summed E-state index contributed by atoms with van der Waals surface area (Å²) in [4.78, 5) is 23.8. The van der Waals surface area contributed by atoms with Crippen molar-refractivity contribution >= 4 is 46.5 Å². The van der Waals surface area contributed by atoms with E-state index in [0.717, 1.165) is 5.56 Å². The summed E-state index contributed by atoms with van der Waals surface area (Å²) in [5.74, 6) is -1.17. The average molecular weight is 353 g/mol. The SMILES string of the molecule is Cc1cccc(C(=O)OCC(=O)Nc2cc(Cl)cc(Cl)c2)c1N. The Morgan fingerprint density at radius 1 is 1.17 bits per heavy atom. The van der Waals surface area contributed by atoms with Crippen LogP contribution in [-0.2, 0) is 9.53 Å². The van der Waals surface area contributed by atoms with Crippen molar-refractivity contribution < 1.29 is 14.3 Å². The maximum Gasteiger partial charge on any atom is 0.340 e. The van der Waals surface area contributed by atoms with E-state index in [9.17, 15) is 9.59 Å². The summed E-state index contributed by atoms with van der Waals surface area (Å²) >= 11 is 11.7. The van der Waals surface area contributed by atoms with Gasteiger partial charge >= 0.3 is 5.97 Å². The van der Waals surface area contributed by atoms with Gasteiger partial charge in [-0.3, -0.25) is 4.79 Å². The number of amides is 1. The molecule has 0 aliphatic heterocycles. The maximum absolute atomic E-state index is 12.0. The molecular formula is C16H14Cl2N2O3. The Morgan fingerprint density at radius 2 is 1.83 bits per heavy atom. The number of esters is 1. The first-order valence-electron chi connectivity index (χ1n) is 6.65. The summed E-state index contributed by atoms with van der Waals surface area (Å²) in [6.07, 6.45) is 0. The third kappa shape index (κ3) is 4.61. The molecule has 0 spiro atoms. The molecule has 0 fully saturated rings. The van der Waals surface area contributed by atoms with Gasteiger partial charge in [-0.05, 0) is 36.8 Å². The quantitative estimate of drug-likeness (QED) is 0.649. The van der Waals surface area contributed by atoms with Gasteiger partial charge in [0.2, 0.25) is 0 Å². The maximum atomic E-state index is 12.0. The Kier molecular flexibility index (Phi) is 5.47. The molecule has 0 bridgehead atoms. The van der Waals surface area contributed by atoms with Crippen LogP contribution < -0.4 is 11.1 Å². The van der Waals surface area contributed by atoms with Crippen LogP contribution in [0.2, 0.25) is 10.0 Å². The Labute approximate surface area is 143 Å². The zero-order valence-corrected chi connectivity index (χ0v) is 13.7. The molecule has 3 N–H and O–H groups in total. The third-order valence-corrected chi connectivity index (χ3v) is 3.46. The summed E-state index contributed by atoms with van der Waals surface area (Å²) in [5.41, 5.74) is 7.55. The average Bonchev–Trinajstić information content (AvgIpc) is 2.46. The highest BCUT2D eigenvalue weighted by atomic mass is 35.5. The number of hydrogen-bond donors (Lipinski definition) is 2. The molecule has 0 aromatic heterocycles. The zero-order valence-electron chi connectivity index (χ0n) is 12.2. The van der Waals surface area contributed by atoms with E-state index in [1.807, 2.05) is 0 Å². The lowest BCUT2D eigenvalue weighted by Crippen LogP contribution is -2.21. The minimum absolute atomic E-state index is 0.226. The molecule has 1 amide bonds. The van der Waals surface area contributed by atoms with Crippen molar-refractivity contribution in [2.45, 2.75) is 6.92 Å². The molecule has 23 heavy (non-hydrogen) atoms. The van der Waals surface area contributed by atoms with Gasteiger partial charge in [0.05, 0.1) is 5.56 Å². The standard InChI is InChI=1S/C16H14Cl2N2O3/c1-9-3-2-4-13(15(9)19)16(22)23-8-14(21)20-12-6-10(17)5-11(18)7-12/h2-7H,8,19H2,1H3,(H,20,21). The van der Waals surface area contributed by atoms with E-state index in [1.54, 1.807) is 31.2 Å². The molecule has 7 heteroatoms. The number of halogens is 2. The second-order valence-electron chi connectivity index (χ2n) is 4.82. The number of nitrogen functional groups attached to an aromatic ring is 1. The van der Waals surface area contributed by atoms with Crippen molar-refractivity contribution in [1.29, 1.82) is 0 Å². The van der Waals surface area contributed by atoms with Crippen LogP contribution in [0.5, 0.6) is 0 Å². The molecule has 0 aliphatic carbocycles. The monoisotopic (exact) mass is 352 g/mol. The Morgan fingerprint density at radius 3 is 2.48 bits per heavy atom. The Balaban J connectivity index is 1.96. The number of benzene rings is 2. The van der Waals surface area contributed by atoms with E-state index in [2.05, 4.69) is 5.32 Å². The van der Waals surface area contributed by atoms with Crippen molar-refractivity contribution in [3.8, 4) is 0 Å². The second kappa shape index (κ2) is 7.35. The summed E-state index contributed by atoms with van der Waals surface area (Å²) in [7, 11) is 0. The molecule has 2 aromatic carbocycles. The van der Waals surface area contributed by atoms with Gasteiger partial charge in [0.25, 0.3) is 5.91 Å². The fourth-order valence-electron chi connectivity index (χ4n) is 1.89. The topological polar surface area (TPSA) is 81.4 Å². The number of aryl methyl sites for hydroxylation is 1. The molecule has 0 heterocycles. The summed E-state index contributed by atoms with van der Waals surface area (Å²) in [5, 5.41) is 3.31. The largest absolute Gasteiger partial charge is 0.452 e. The van der Waals surface area contributed by atoms with Crippen molar-refractivity contribution in [1.82, 2.24) is 0 Å². The number of carbonyl (C=O) groups excluding carboxylic acids is 2. The van der Waals surface area contributed by atoms with E-state index in [4.69, 9.17) is 33.7 Å². The molecular weight excluding hydrogens is 339 g/mol. The molecule has 5 nitrogen and oxygen atoms in total. The molecule has 0 unspecified atom stereocenters. The highest BCUT2D eigenvalue weighted by molar-refractivity contribution is 6.35. The number of ether oxygens (including phenoxy) is 1. The number of rotatable bonds is 4. The van der Waals surface area contributed by atoms with E-state index in [1.165, 1.54) is 12.1 Å². The summed E-state index contributed by atoms with van der Waals surface area (Å²) in [6, 6.07) is 9.62. The van der Waals surface area contributed by atoms with Gasteiger partial charge in [-0.2, -0.15) is 0 Å². The van der Waals surface area contributed by atoms with Gasteiger partial charge in [-0.1, -0.05) is 35.3 Å². The van der Waals surface area contributed by atoms with E-state index in [0.29, 0.717) is 21.4 Å². The van der Waals surface area contributed by atoms with Crippen LogP contribution in [0.25, 0.3) is 0 Å². The van der Waals surface area contributed by atoms with Gasteiger partial charge in [-0.25, -0.2) is 4.79 Å². The molecule has 2 aromatic rings. The minimum Gasteiger partial charge on any atom is -0.452 e. The molecule has 0 atom stereocenters. The zero-order chi connectivity index (χ0) is 17.0. The van der Waals surface area contributed by atoms with Crippen LogP contribution in [0.15, 0.2) is 36.4 Å². The fourth-order valence-corrected chi connectivity index (χ4v) is 2.42. The van der Waals surface area contributed by atoms with Crippen LogP contribution >= 0.6 is 23.2 Å². The smallest absolute Gasteiger partial charge is 0.340 e. The molecule has 120 valence electrons. The van der Waals surface area contributed by atoms with Crippen LogP contribution in [-0.4, -0.2) is 18.5 Å². The van der Waals surface area contributed by atoms with E-state index in [-0.39, 0.29) is 5.56 Å². The van der Waals surface area contributed by atoms with Crippen LogP contribution in [0, 0.1) is 6.92 Å². The van der Waals surface area contributed by atoms with Gasteiger partial charge < -0.3 is 15.8 Å². The first kappa shape index (κ1) is 17.1. The summed E-state index contributed by atoms with van der Waals surface area (Å²) < 4.78 is 4.96. The predicted octanol–water partition coefficient (Wildman–Crippen LogP) is 3.68. The Hall–Kier alpha value is -2.24. The molecule has 0 saturated carbocycles. The highest BCUT2D eigenvalue weighted by Crippen LogP contribution is 2.22. The van der Waals surface area contributed by atoms with Crippen molar-refractivity contribution in [3.63, 3.8) is 0 Å². The number of carbonyl (C=O) groups is 2. The number of hydrogen-bond acceptors (Lipinski definition) is 4. The molecule has 0 saturated heterocycles. The van der Waals surface area contributed by atoms with Crippen LogP contribution in [0.4, 0.5) is 11.4 Å². The minimum atomic E-state index is -0.662. The summed E-state index contributed by atoms with van der Waals surface area (Å²) in [6.45, 7) is 1.33. The second-order valence-corrected chi connectivity index (χ2v) is 5.69. The molecule has 0 radical (unpaired) electrons. The van der Waals surface area contributed by atoms with Gasteiger partial charge in [0.15, 0.2) is 6.61 Å². The van der Waals surface area contributed by atoms with Crippen molar-refractivity contribution in [2.24, 2.45) is 0 Å². The fraction of sp³-hybridized carbons (Fsp3) is 0.125. The first-order chi connectivity index (χ1) is 10.9. The van der Waals surface area contributed by atoms with Gasteiger partial charge in [0.1, 0.15) is 0 Å². The van der Waals surface area contributed by atoms with Crippen molar-refractivity contribution in [3.05, 3.63) is 57.6 Å². The number of anilines is 2. The van der Waals surface area contributed by atoms with Crippen LogP contribution in [0.3, 0.4) is 0 Å². The van der Waals surface area contributed by atoms with E-state index < -0.39 is 18.5 Å². The Bertz CT molecular complexity index is 743. The number of nitrogens with one attached hydrogen (secondary N) is 1. The van der Waals surface area contributed by atoms with Gasteiger partial charge in [0, 0.05) is 21.4 Å². The number of para-hydroxylation sites is 1. The number of nitrogens with two attached hydrogens (primary N) is 1. The molecule has 0 aliphatic rings. The lowest BCUT2D eigenvalue weighted by molar-refractivity contribution is -0.119. The molecule has 2 rings (SSSR count). The van der Waals surface area contributed by atoms with Crippen LogP contribution in [0.1, 0.15) is 15.9 Å². The normalized spacial score (nSPS) is 10.2. The lowest BCUT2D eigenvalue weighted by atomic mass is 10.1. The van der Waals surface area contributed by atoms with Crippen molar-refractivity contribution in [2.75, 3.05) is 17.7 Å². The van der Waals surface area contributed by atoms with Gasteiger partial charge in [-0.15, -0.1) is 0 Å². The van der Waals surface area contributed by atoms with E-state index >= 15 is 0 Å². The lowest BCUT2D eigenvalue weighted by Gasteiger charge is -2.09. The highest BCUT2D eigenvalue weighted by Gasteiger charge is 2.14. The third-order valence-electron chi connectivity index (χ3n) is 3.02.